The van der Waals surface area contributed by atoms with Crippen LogP contribution in [0.15, 0.2) is 59.1 Å². The van der Waals surface area contributed by atoms with Gasteiger partial charge in [-0.25, -0.2) is 0 Å². The SMILES string of the molecule is N#CN1CCCC1c1noc(-c2cccc(-c3ccccc3)c2)n1. The largest absolute Gasteiger partial charge is 0.334 e. The van der Waals surface area contributed by atoms with Crippen LogP contribution in [0.25, 0.3) is 22.6 Å². The van der Waals surface area contributed by atoms with Crippen LogP contribution in [-0.2, 0) is 0 Å². The normalized spacial score (nSPS) is 17.0. The summed E-state index contributed by atoms with van der Waals surface area (Å²) in [6.45, 7) is 0.758. The Bertz CT molecular complexity index is 882. The van der Waals surface area contributed by atoms with Crippen molar-refractivity contribution in [3.05, 3.63) is 60.4 Å². The molecule has 1 fully saturated rings. The summed E-state index contributed by atoms with van der Waals surface area (Å²) in [5.41, 5.74) is 3.13. The third-order valence-corrected chi connectivity index (χ3v) is 4.34. The average Bonchev–Trinajstić information content (AvgIpc) is 3.31. The van der Waals surface area contributed by atoms with Gasteiger partial charge in [0.15, 0.2) is 12.0 Å². The van der Waals surface area contributed by atoms with E-state index in [0.29, 0.717) is 11.7 Å². The molecule has 24 heavy (non-hydrogen) atoms. The first kappa shape index (κ1) is 14.5. The molecule has 4 rings (SSSR count). The fraction of sp³-hybridized carbons (Fsp3) is 0.211. The number of hydrogen-bond acceptors (Lipinski definition) is 5. The van der Waals surface area contributed by atoms with E-state index in [1.165, 1.54) is 0 Å². The summed E-state index contributed by atoms with van der Waals surface area (Å²) in [6, 6.07) is 18.2. The van der Waals surface area contributed by atoms with Gasteiger partial charge < -0.3 is 4.52 Å². The van der Waals surface area contributed by atoms with E-state index in [-0.39, 0.29) is 6.04 Å². The van der Waals surface area contributed by atoms with Gasteiger partial charge in [0.1, 0.15) is 6.04 Å². The Kier molecular flexibility index (Phi) is 3.72. The summed E-state index contributed by atoms with van der Waals surface area (Å²) in [4.78, 5) is 6.24. The van der Waals surface area contributed by atoms with Gasteiger partial charge in [0.2, 0.25) is 0 Å². The molecule has 2 heterocycles. The Morgan fingerprint density at radius 2 is 1.83 bits per heavy atom. The summed E-state index contributed by atoms with van der Waals surface area (Å²) >= 11 is 0. The molecular formula is C19H16N4O. The Balaban J connectivity index is 1.65. The first-order chi connectivity index (χ1) is 11.8. The molecule has 118 valence electrons. The van der Waals surface area contributed by atoms with Gasteiger partial charge >= 0.3 is 0 Å². The third kappa shape index (κ3) is 2.63. The molecule has 5 nitrogen and oxygen atoms in total. The Morgan fingerprint density at radius 3 is 2.67 bits per heavy atom. The van der Waals surface area contributed by atoms with Crippen LogP contribution in [0.1, 0.15) is 24.7 Å². The average molecular weight is 316 g/mol. The molecule has 1 aliphatic rings. The molecule has 1 atom stereocenters. The van der Waals surface area contributed by atoms with Crippen LogP contribution in [0.2, 0.25) is 0 Å². The molecule has 5 heteroatoms. The first-order valence-corrected chi connectivity index (χ1v) is 8.01. The number of likely N-dealkylation sites (tertiary alicyclic amines) is 1. The zero-order valence-corrected chi connectivity index (χ0v) is 13.1. The van der Waals surface area contributed by atoms with Gasteiger partial charge in [0, 0.05) is 12.1 Å². The molecular weight excluding hydrogens is 300 g/mol. The molecule has 0 bridgehead atoms. The Labute approximate surface area is 140 Å². The van der Waals surface area contributed by atoms with E-state index in [1.54, 1.807) is 4.90 Å². The predicted octanol–water partition coefficient (Wildman–Crippen LogP) is 4.02. The fourth-order valence-electron chi connectivity index (χ4n) is 3.10. The van der Waals surface area contributed by atoms with Crippen molar-refractivity contribution < 1.29 is 4.52 Å². The summed E-state index contributed by atoms with van der Waals surface area (Å²) < 4.78 is 5.45. The van der Waals surface area contributed by atoms with Crippen molar-refractivity contribution >= 4 is 0 Å². The van der Waals surface area contributed by atoms with E-state index in [1.807, 2.05) is 36.4 Å². The third-order valence-electron chi connectivity index (χ3n) is 4.34. The van der Waals surface area contributed by atoms with E-state index in [0.717, 1.165) is 36.1 Å². The molecule has 1 aliphatic heterocycles. The lowest BCUT2D eigenvalue weighted by atomic mass is 10.0. The second-order valence-corrected chi connectivity index (χ2v) is 5.86. The van der Waals surface area contributed by atoms with E-state index in [2.05, 4.69) is 34.5 Å². The Hall–Kier alpha value is -3.13. The van der Waals surface area contributed by atoms with Gasteiger partial charge in [-0.3, -0.25) is 4.90 Å². The van der Waals surface area contributed by atoms with Crippen LogP contribution in [0, 0.1) is 11.5 Å². The topological polar surface area (TPSA) is 66.0 Å². The van der Waals surface area contributed by atoms with E-state index in [9.17, 15) is 5.26 Å². The minimum atomic E-state index is -0.0650. The number of benzene rings is 2. The Morgan fingerprint density at radius 1 is 1.04 bits per heavy atom. The molecule has 0 saturated carbocycles. The van der Waals surface area contributed by atoms with Gasteiger partial charge in [-0.05, 0) is 36.1 Å². The van der Waals surface area contributed by atoms with Crippen molar-refractivity contribution in [2.24, 2.45) is 0 Å². The molecule has 0 amide bonds. The number of aromatic nitrogens is 2. The second kappa shape index (κ2) is 6.17. The number of nitrogens with zero attached hydrogens (tertiary/aromatic N) is 4. The van der Waals surface area contributed by atoms with Crippen molar-refractivity contribution in [1.82, 2.24) is 15.0 Å². The van der Waals surface area contributed by atoms with Crippen LogP contribution in [0.4, 0.5) is 0 Å². The number of nitriles is 1. The predicted molar refractivity (Wildman–Crippen MR) is 89.5 cm³/mol. The molecule has 0 radical (unpaired) electrons. The summed E-state index contributed by atoms with van der Waals surface area (Å²) in [5.74, 6) is 1.08. The minimum Gasteiger partial charge on any atom is -0.334 e. The van der Waals surface area contributed by atoms with Crippen LogP contribution < -0.4 is 0 Å². The molecule has 1 aromatic heterocycles. The summed E-state index contributed by atoms with van der Waals surface area (Å²) in [6.07, 6.45) is 4.07. The maximum atomic E-state index is 9.17. The zero-order valence-electron chi connectivity index (χ0n) is 13.1. The lowest BCUT2D eigenvalue weighted by Crippen LogP contribution is -2.17. The van der Waals surface area contributed by atoms with Crippen molar-refractivity contribution in [3.8, 4) is 28.8 Å². The second-order valence-electron chi connectivity index (χ2n) is 5.86. The lowest BCUT2D eigenvalue weighted by molar-refractivity contribution is 0.339. The van der Waals surface area contributed by atoms with Crippen molar-refractivity contribution in [3.63, 3.8) is 0 Å². The van der Waals surface area contributed by atoms with E-state index >= 15 is 0 Å². The number of rotatable bonds is 3. The monoisotopic (exact) mass is 316 g/mol. The van der Waals surface area contributed by atoms with E-state index in [4.69, 9.17) is 4.52 Å². The van der Waals surface area contributed by atoms with Crippen molar-refractivity contribution in [2.75, 3.05) is 6.54 Å². The summed E-state index contributed by atoms with van der Waals surface area (Å²) in [7, 11) is 0. The fourth-order valence-corrected chi connectivity index (χ4v) is 3.10. The van der Waals surface area contributed by atoms with E-state index < -0.39 is 0 Å². The van der Waals surface area contributed by atoms with Crippen molar-refractivity contribution in [1.29, 1.82) is 5.26 Å². The molecule has 0 aliphatic carbocycles. The highest BCUT2D eigenvalue weighted by Gasteiger charge is 2.29. The van der Waals surface area contributed by atoms with Crippen LogP contribution >= 0.6 is 0 Å². The molecule has 1 unspecified atom stereocenters. The standard InChI is InChI=1S/C19H16N4O/c20-13-23-11-5-10-17(23)18-21-19(24-22-18)16-9-4-8-15(12-16)14-6-2-1-3-7-14/h1-4,6-9,12,17H,5,10-11H2. The highest BCUT2D eigenvalue weighted by molar-refractivity contribution is 5.69. The highest BCUT2D eigenvalue weighted by Crippen LogP contribution is 2.31. The maximum absolute atomic E-state index is 9.17. The minimum absolute atomic E-state index is 0.0650. The van der Waals surface area contributed by atoms with Crippen LogP contribution in [-0.4, -0.2) is 21.6 Å². The number of hydrogen-bond donors (Lipinski definition) is 0. The van der Waals surface area contributed by atoms with Gasteiger partial charge in [-0.15, -0.1) is 0 Å². The molecule has 0 N–H and O–H groups in total. The summed E-state index contributed by atoms with van der Waals surface area (Å²) in [5, 5.41) is 13.3. The molecule has 3 aromatic rings. The molecule has 1 saturated heterocycles. The molecule has 2 aromatic carbocycles. The maximum Gasteiger partial charge on any atom is 0.258 e. The van der Waals surface area contributed by atoms with Gasteiger partial charge in [0.05, 0.1) is 0 Å². The van der Waals surface area contributed by atoms with Crippen LogP contribution in [0.5, 0.6) is 0 Å². The van der Waals surface area contributed by atoms with Crippen LogP contribution in [0.3, 0.4) is 0 Å². The smallest absolute Gasteiger partial charge is 0.258 e. The highest BCUT2D eigenvalue weighted by atomic mass is 16.5. The van der Waals surface area contributed by atoms with Gasteiger partial charge in [-0.1, -0.05) is 47.6 Å². The first-order valence-electron chi connectivity index (χ1n) is 8.01. The quantitative estimate of drug-likeness (QED) is 0.683. The lowest BCUT2D eigenvalue weighted by Gasteiger charge is -2.13. The zero-order chi connectivity index (χ0) is 16.4. The van der Waals surface area contributed by atoms with Gasteiger partial charge in [-0.2, -0.15) is 10.2 Å². The van der Waals surface area contributed by atoms with Crippen molar-refractivity contribution in [2.45, 2.75) is 18.9 Å². The molecule has 0 spiro atoms. The van der Waals surface area contributed by atoms with Gasteiger partial charge in [0.25, 0.3) is 5.89 Å².